The summed E-state index contributed by atoms with van der Waals surface area (Å²) in [6.45, 7) is 5.27. The minimum Gasteiger partial charge on any atom is -0.369 e. The number of hydrogen-bond acceptors (Lipinski definition) is 4. The fraction of sp³-hybridized carbons (Fsp3) is 0.182. The molecule has 0 aliphatic heterocycles. The van der Waals surface area contributed by atoms with Crippen LogP contribution in [0.1, 0.15) is 24.3 Å². The van der Waals surface area contributed by atoms with Crippen LogP contribution in [0.5, 0.6) is 0 Å². The number of nitrogens with zero attached hydrogens (tertiary/aromatic N) is 3. The molecule has 27 heavy (non-hydrogen) atoms. The number of rotatable bonds is 4. The standard InChI is InChI=1S/C22H20N4S/c1-16(2)14-24-22-21(25-20-15-23-12-13-26(20)22)19-11-10-18(27-19)9-8-17-6-4-3-5-7-17/h3-7,10-13,15-16,24H,14H2,1-2H3. The molecule has 0 saturated carbocycles. The van der Waals surface area contributed by atoms with E-state index in [1.807, 2.05) is 36.5 Å². The molecule has 0 bridgehead atoms. The zero-order chi connectivity index (χ0) is 18.6. The maximum atomic E-state index is 4.79. The monoisotopic (exact) mass is 372 g/mol. The molecule has 3 heterocycles. The van der Waals surface area contributed by atoms with Gasteiger partial charge in [-0.15, -0.1) is 11.3 Å². The Bertz CT molecular complexity index is 1110. The number of fused-ring (bicyclic) bond motifs is 1. The lowest BCUT2D eigenvalue weighted by Crippen LogP contribution is -2.10. The summed E-state index contributed by atoms with van der Waals surface area (Å²) in [7, 11) is 0. The van der Waals surface area contributed by atoms with Gasteiger partial charge in [-0.2, -0.15) is 0 Å². The second-order valence-electron chi connectivity index (χ2n) is 6.67. The molecular weight excluding hydrogens is 352 g/mol. The van der Waals surface area contributed by atoms with Crippen LogP contribution in [0, 0.1) is 17.8 Å². The average molecular weight is 372 g/mol. The van der Waals surface area contributed by atoms with Crippen molar-refractivity contribution in [2.24, 2.45) is 5.92 Å². The Hall–Kier alpha value is -3.10. The molecule has 4 aromatic rings. The highest BCUT2D eigenvalue weighted by Crippen LogP contribution is 2.33. The molecule has 0 aliphatic rings. The van der Waals surface area contributed by atoms with Gasteiger partial charge in [0, 0.05) is 24.5 Å². The van der Waals surface area contributed by atoms with Gasteiger partial charge in [0.2, 0.25) is 0 Å². The van der Waals surface area contributed by atoms with E-state index in [1.165, 1.54) is 0 Å². The molecule has 0 radical (unpaired) electrons. The normalized spacial score (nSPS) is 10.8. The van der Waals surface area contributed by atoms with Crippen LogP contribution >= 0.6 is 11.3 Å². The van der Waals surface area contributed by atoms with Crippen molar-refractivity contribution in [1.29, 1.82) is 0 Å². The molecule has 1 N–H and O–H groups in total. The van der Waals surface area contributed by atoms with E-state index in [-0.39, 0.29) is 0 Å². The van der Waals surface area contributed by atoms with Crippen molar-refractivity contribution in [3.8, 4) is 22.4 Å². The van der Waals surface area contributed by atoms with Crippen molar-refractivity contribution in [1.82, 2.24) is 14.4 Å². The lowest BCUT2D eigenvalue weighted by molar-refractivity contribution is 0.686. The van der Waals surface area contributed by atoms with Gasteiger partial charge in [-0.3, -0.25) is 9.38 Å². The van der Waals surface area contributed by atoms with Crippen molar-refractivity contribution in [3.63, 3.8) is 0 Å². The molecule has 0 spiro atoms. The first-order valence-electron chi connectivity index (χ1n) is 8.94. The Kier molecular flexibility index (Phi) is 4.91. The van der Waals surface area contributed by atoms with E-state index in [9.17, 15) is 0 Å². The van der Waals surface area contributed by atoms with E-state index in [0.717, 1.165) is 39.0 Å². The van der Waals surface area contributed by atoms with Crippen molar-refractivity contribution in [3.05, 3.63) is 71.5 Å². The predicted octanol–water partition coefficient (Wildman–Crippen LogP) is 4.93. The minimum absolute atomic E-state index is 0.542. The van der Waals surface area contributed by atoms with Crippen LogP contribution in [0.15, 0.2) is 61.1 Å². The molecule has 0 unspecified atom stereocenters. The van der Waals surface area contributed by atoms with Gasteiger partial charge in [0.05, 0.1) is 16.0 Å². The van der Waals surface area contributed by atoms with E-state index < -0.39 is 0 Å². The zero-order valence-electron chi connectivity index (χ0n) is 15.3. The first-order chi connectivity index (χ1) is 13.2. The van der Waals surface area contributed by atoms with Crippen LogP contribution in [0.2, 0.25) is 0 Å². The number of aromatic nitrogens is 3. The van der Waals surface area contributed by atoms with Crippen LogP contribution < -0.4 is 5.32 Å². The maximum Gasteiger partial charge on any atom is 0.157 e. The maximum absolute atomic E-state index is 4.79. The number of imidazole rings is 1. The largest absolute Gasteiger partial charge is 0.369 e. The number of benzene rings is 1. The number of thiophene rings is 1. The van der Waals surface area contributed by atoms with Crippen LogP contribution in [0.3, 0.4) is 0 Å². The third-order valence-corrected chi connectivity index (χ3v) is 5.06. The molecule has 4 nitrogen and oxygen atoms in total. The lowest BCUT2D eigenvalue weighted by Gasteiger charge is -2.10. The highest BCUT2D eigenvalue weighted by atomic mass is 32.1. The van der Waals surface area contributed by atoms with Crippen molar-refractivity contribution in [2.45, 2.75) is 13.8 Å². The van der Waals surface area contributed by atoms with Crippen molar-refractivity contribution < 1.29 is 0 Å². The molecule has 3 aromatic heterocycles. The Labute approximate surface area is 162 Å². The van der Waals surface area contributed by atoms with Gasteiger partial charge in [-0.1, -0.05) is 43.9 Å². The quantitative estimate of drug-likeness (QED) is 0.517. The fourth-order valence-electron chi connectivity index (χ4n) is 2.74. The third-order valence-electron chi connectivity index (χ3n) is 4.05. The fourth-order valence-corrected chi connectivity index (χ4v) is 3.59. The number of anilines is 1. The zero-order valence-corrected chi connectivity index (χ0v) is 16.1. The van der Waals surface area contributed by atoms with Crippen molar-refractivity contribution >= 4 is 22.8 Å². The average Bonchev–Trinajstić information content (AvgIpc) is 3.30. The lowest BCUT2D eigenvalue weighted by atomic mass is 10.2. The molecular formula is C22H20N4S. The second kappa shape index (κ2) is 7.65. The highest BCUT2D eigenvalue weighted by molar-refractivity contribution is 7.16. The molecule has 134 valence electrons. The Morgan fingerprint density at radius 3 is 2.78 bits per heavy atom. The first kappa shape index (κ1) is 17.3. The summed E-state index contributed by atoms with van der Waals surface area (Å²) in [5, 5.41) is 3.54. The molecule has 5 heteroatoms. The molecule has 4 rings (SSSR count). The van der Waals surface area contributed by atoms with Gasteiger partial charge in [0.1, 0.15) is 11.5 Å². The summed E-state index contributed by atoms with van der Waals surface area (Å²) < 4.78 is 2.06. The van der Waals surface area contributed by atoms with Crippen LogP contribution in [0.25, 0.3) is 16.2 Å². The first-order valence-corrected chi connectivity index (χ1v) is 9.75. The number of nitrogens with one attached hydrogen (secondary N) is 1. The van der Waals surface area contributed by atoms with Crippen LogP contribution in [-0.4, -0.2) is 20.9 Å². The Morgan fingerprint density at radius 1 is 1.11 bits per heavy atom. The van der Waals surface area contributed by atoms with E-state index >= 15 is 0 Å². The SMILES string of the molecule is CC(C)CNc1c(-c2ccc(C#Cc3ccccc3)s2)nc2cnccn12. The molecule has 0 aliphatic carbocycles. The molecule has 0 saturated heterocycles. The van der Waals surface area contributed by atoms with Gasteiger partial charge in [-0.05, 0) is 30.2 Å². The summed E-state index contributed by atoms with van der Waals surface area (Å²) in [5.41, 5.74) is 2.80. The molecule has 1 aromatic carbocycles. The van der Waals surface area contributed by atoms with Crippen LogP contribution in [-0.2, 0) is 0 Å². The smallest absolute Gasteiger partial charge is 0.157 e. The topological polar surface area (TPSA) is 42.2 Å². The van der Waals surface area contributed by atoms with E-state index in [2.05, 4.69) is 52.5 Å². The van der Waals surface area contributed by atoms with E-state index in [1.54, 1.807) is 23.7 Å². The summed E-state index contributed by atoms with van der Waals surface area (Å²) in [5.74, 6) is 8.02. The highest BCUT2D eigenvalue weighted by Gasteiger charge is 2.15. The van der Waals surface area contributed by atoms with E-state index in [4.69, 9.17) is 4.98 Å². The molecule has 0 fully saturated rings. The van der Waals surface area contributed by atoms with Crippen LogP contribution in [0.4, 0.5) is 5.82 Å². The third kappa shape index (κ3) is 3.86. The summed E-state index contributed by atoms with van der Waals surface area (Å²) >= 11 is 1.66. The number of hydrogen-bond donors (Lipinski definition) is 1. The minimum atomic E-state index is 0.542. The summed E-state index contributed by atoms with van der Waals surface area (Å²) in [4.78, 5) is 11.1. The molecule has 0 amide bonds. The van der Waals surface area contributed by atoms with E-state index in [0.29, 0.717) is 5.92 Å². The Morgan fingerprint density at radius 2 is 1.96 bits per heavy atom. The van der Waals surface area contributed by atoms with Gasteiger partial charge < -0.3 is 5.32 Å². The van der Waals surface area contributed by atoms with Crippen molar-refractivity contribution in [2.75, 3.05) is 11.9 Å². The van der Waals surface area contributed by atoms with Gasteiger partial charge in [-0.25, -0.2) is 4.98 Å². The predicted molar refractivity (Wildman–Crippen MR) is 112 cm³/mol. The van der Waals surface area contributed by atoms with Gasteiger partial charge in [0.25, 0.3) is 0 Å². The van der Waals surface area contributed by atoms with Gasteiger partial charge in [0.15, 0.2) is 5.65 Å². The molecule has 0 atom stereocenters. The Balaban J connectivity index is 1.69. The second-order valence-corrected chi connectivity index (χ2v) is 7.75. The summed E-state index contributed by atoms with van der Waals surface area (Å²) in [6, 6.07) is 14.2. The van der Waals surface area contributed by atoms with Gasteiger partial charge >= 0.3 is 0 Å². The summed E-state index contributed by atoms with van der Waals surface area (Å²) in [6.07, 6.45) is 5.51.